The second-order valence-electron chi connectivity index (χ2n) is 4.99. The second kappa shape index (κ2) is 6.26. The zero-order chi connectivity index (χ0) is 17.2. The molecule has 0 fully saturated rings. The number of hydrogen-bond donors (Lipinski definition) is 1. The molecule has 0 atom stereocenters. The van der Waals surface area contributed by atoms with Crippen LogP contribution in [0.15, 0.2) is 45.8 Å². The quantitative estimate of drug-likeness (QED) is 0.792. The molecule has 0 spiro atoms. The Morgan fingerprint density at radius 1 is 1.08 bits per heavy atom. The summed E-state index contributed by atoms with van der Waals surface area (Å²) >= 11 is 0. The topological polar surface area (TPSA) is 84.7 Å². The first-order chi connectivity index (χ1) is 11.4. The van der Waals surface area contributed by atoms with Gasteiger partial charge in [0.15, 0.2) is 0 Å². The van der Waals surface area contributed by atoms with E-state index in [9.17, 15) is 18.0 Å². The van der Waals surface area contributed by atoms with Crippen LogP contribution in [0.2, 0.25) is 0 Å². The molecule has 0 radical (unpaired) electrons. The molecule has 2 aromatic heterocycles. The molecule has 124 valence electrons. The normalized spacial score (nSPS) is 11.6. The number of nitrogens with zero attached hydrogens (tertiary/aromatic N) is 3. The fourth-order valence-corrected chi connectivity index (χ4v) is 2.17. The Balaban J connectivity index is 1.91. The summed E-state index contributed by atoms with van der Waals surface area (Å²) < 4.78 is 41.9. The molecule has 9 heteroatoms. The number of hydrogen-bond acceptors (Lipinski definition) is 5. The maximum absolute atomic E-state index is 12.6. The van der Waals surface area contributed by atoms with Crippen molar-refractivity contribution < 1.29 is 17.7 Å². The smallest absolute Gasteiger partial charge is 0.329 e. The third-order valence-electron chi connectivity index (χ3n) is 3.29. The Morgan fingerprint density at radius 2 is 1.83 bits per heavy atom. The van der Waals surface area contributed by atoms with Crippen molar-refractivity contribution in [3.63, 3.8) is 0 Å². The molecule has 0 saturated carbocycles. The highest BCUT2D eigenvalue weighted by Gasteiger charge is 2.38. The monoisotopic (exact) mass is 336 g/mol. The van der Waals surface area contributed by atoms with Gasteiger partial charge in [-0.05, 0) is 24.0 Å². The van der Waals surface area contributed by atoms with Crippen molar-refractivity contribution >= 4 is 0 Å². The zero-order valence-electron chi connectivity index (χ0n) is 12.2. The van der Waals surface area contributed by atoms with E-state index in [4.69, 9.17) is 0 Å². The second-order valence-corrected chi connectivity index (χ2v) is 4.99. The van der Waals surface area contributed by atoms with Crippen molar-refractivity contribution in [2.75, 3.05) is 0 Å². The van der Waals surface area contributed by atoms with Crippen LogP contribution in [0.5, 0.6) is 0 Å². The first-order valence-electron chi connectivity index (χ1n) is 6.97. The summed E-state index contributed by atoms with van der Waals surface area (Å²) in [6.45, 7) is 0. The minimum Gasteiger partial charge on any atom is -0.329 e. The molecule has 1 aromatic carbocycles. The fourth-order valence-electron chi connectivity index (χ4n) is 2.17. The Kier molecular flexibility index (Phi) is 4.15. The lowest BCUT2D eigenvalue weighted by molar-refractivity contribution is -0.159. The molecule has 3 rings (SSSR count). The van der Waals surface area contributed by atoms with Gasteiger partial charge in [0.05, 0.1) is 0 Å². The van der Waals surface area contributed by atoms with E-state index in [0.29, 0.717) is 18.4 Å². The lowest BCUT2D eigenvalue weighted by atomic mass is 10.0. The van der Waals surface area contributed by atoms with E-state index in [1.54, 1.807) is 0 Å². The van der Waals surface area contributed by atoms with E-state index in [2.05, 4.69) is 24.6 Å². The molecule has 0 aliphatic heterocycles. The Hall–Kier alpha value is -2.97. The van der Waals surface area contributed by atoms with E-state index in [-0.39, 0.29) is 11.5 Å². The summed E-state index contributed by atoms with van der Waals surface area (Å²) in [5.74, 6) is -1.84. The van der Waals surface area contributed by atoms with Gasteiger partial charge in [0.1, 0.15) is 5.69 Å². The number of halogens is 3. The van der Waals surface area contributed by atoms with Crippen LogP contribution in [0.1, 0.15) is 17.0 Å². The van der Waals surface area contributed by atoms with Gasteiger partial charge in [-0.25, -0.2) is 4.79 Å². The number of aryl methyl sites for hydroxylation is 2. The van der Waals surface area contributed by atoms with Gasteiger partial charge in [-0.1, -0.05) is 35.5 Å². The molecule has 3 aromatic rings. The van der Waals surface area contributed by atoms with Gasteiger partial charge in [0.2, 0.25) is 5.82 Å². The standard InChI is InChI=1S/C15H11F3N4O2/c16-15(17,18)13-21-12(22-24-13)11-10(8-19-14(23)20-11)7-6-9-4-2-1-3-5-9/h1-5,8H,6-7H2,(H,19,20,23). The van der Waals surface area contributed by atoms with Crippen LogP contribution in [-0.4, -0.2) is 20.1 Å². The predicted molar refractivity (Wildman–Crippen MR) is 77.0 cm³/mol. The fraction of sp³-hybridized carbons (Fsp3) is 0.200. The number of benzene rings is 1. The highest BCUT2D eigenvalue weighted by atomic mass is 19.4. The van der Waals surface area contributed by atoms with Gasteiger partial charge in [-0.3, -0.25) is 0 Å². The van der Waals surface area contributed by atoms with Crippen LogP contribution in [0.25, 0.3) is 11.5 Å². The van der Waals surface area contributed by atoms with Gasteiger partial charge >= 0.3 is 17.8 Å². The molecule has 2 heterocycles. The first-order valence-corrected chi connectivity index (χ1v) is 6.97. The van der Waals surface area contributed by atoms with Crippen molar-refractivity contribution in [2.45, 2.75) is 19.0 Å². The molecular formula is C15H11F3N4O2. The minimum atomic E-state index is -4.75. The van der Waals surface area contributed by atoms with E-state index in [1.807, 2.05) is 30.3 Å². The summed E-state index contributed by atoms with van der Waals surface area (Å²) in [4.78, 5) is 20.8. The number of H-pyrrole nitrogens is 1. The maximum Gasteiger partial charge on any atom is 0.471 e. The van der Waals surface area contributed by atoms with E-state index in [1.165, 1.54) is 6.20 Å². The van der Waals surface area contributed by atoms with Crippen LogP contribution < -0.4 is 5.69 Å². The van der Waals surface area contributed by atoms with Crippen LogP contribution in [0.4, 0.5) is 13.2 Å². The summed E-state index contributed by atoms with van der Waals surface area (Å²) in [5.41, 5.74) is 0.840. The molecule has 0 aliphatic rings. The average Bonchev–Trinajstić information content (AvgIpc) is 3.05. The van der Waals surface area contributed by atoms with Gasteiger partial charge in [0, 0.05) is 6.20 Å². The third-order valence-corrected chi connectivity index (χ3v) is 3.29. The molecule has 24 heavy (non-hydrogen) atoms. The summed E-state index contributed by atoms with van der Waals surface area (Å²) in [6, 6.07) is 9.50. The summed E-state index contributed by atoms with van der Waals surface area (Å²) in [5, 5.41) is 3.29. The number of alkyl halides is 3. The van der Waals surface area contributed by atoms with Gasteiger partial charge < -0.3 is 9.51 Å². The van der Waals surface area contributed by atoms with Crippen LogP contribution in [-0.2, 0) is 19.0 Å². The molecule has 0 amide bonds. The van der Waals surface area contributed by atoms with E-state index in [0.717, 1.165) is 5.56 Å². The molecular weight excluding hydrogens is 325 g/mol. The summed E-state index contributed by atoms with van der Waals surface area (Å²) in [7, 11) is 0. The Labute approximate surface area is 133 Å². The molecule has 0 bridgehead atoms. The van der Waals surface area contributed by atoms with E-state index >= 15 is 0 Å². The zero-order valence-corrected chi connectivity index (χ0v) is 12.2. The van der Waals surface area contributed by atoms with E-state index < -0.39 is 17.8 Å². The highest BCUT2D eigenvalue weighted by molar-refractivity contribution is 5.53. The van der Waals surface area contributed by atoms with Crippen molar-refractivity contribution in [3.8, 4) is 11.5 Å². The molecule has 0 unspecified atom stereocenters. The number of rotatable bonds is 4. The number of aromatic amines is 1. The molecule has 0 aliphatic carbocycles. The van der Waals surface area contributed by atoms with Crippen LogP contribution in [0.3, 0.4) is 0 Å². The van der Waals surface area contributed by atoms with Gasteiger partial charge in [0.25, 0.3) is 0 Å². The van der Waals surface area contributed by atoms with Crippen LogP contribution in [0, 0.1) is 0 Å². The minimum absolute atomic E-state index is 0.0195. The van der Waals surface area contributed by atoms with Crippen LogP contribution >= 0.6 is 0 Å². The SMILES string of the molecule is O=c1nc(-c2noc(C(F)(F)F)n2)c(CCc2ccccc2)c[nH]1. The van der Waals surface area contributed by atoms with Crippen molar-refractivity contribution in [1.82, 2.24) is 20.1 Å². The predicted octanol–water partition coefficient (Wildman–Crippen LogP) is 2.62. The molecule has 0 saturated heterocycles. The van der Waals surface area contributed by atoms with Crippen molar-refractivity contribution in [2.24, 2.45) is 0 Å². The Morgan fingerprint density at radius 3 is 2.50 bits per heavy atom. The summed E-state index contributed by atoms with van der Waals surface area (Å²) in [6.07, 6.45) is -2.29. The Bertz CT molecular complexity index is 887. The number of aromatic nitrogens is 4. The molecule has 1 N–H and O–H groups in total. The first kappa shape index (κ1) is 15.9. The molecule has 6 nitrogen and oxygen atoms in total. The van der Waals surface area contributed by atoms with Crippen molar-refractivity contribution in [1.29, 1.82) is 0 Å². The number of nitrogens with one attached hydrogen (secondary N) is 1. The van der Waals surface area contributed by atoms with Gasteiger partial charge in [-0.2, -0.15) is 23.1 Å². The lowest BCUT2D eigenvalue weighted by Crippen LogP contribution is -2.13. The third kappa shape index (κ3) is 3.50. The lowest BCUT2D eigenvalue weighted by Gasteiger charge is -2.05. The average molecular weight is 336 g/mol. The highest BCUT2D eigenvalue weighted by Crippen LogP contribution is 2.29. The maximum atomic E-state index is 12.6. The van der Waals surface area contributed by atoms with Crippen molar-refractivity contribution in [3.05, 3.63) is 64.0 Å². The van der Waals surface area contributed by atoms with Gasteiger partial charge in [-0.15, -0.1) is 0 Å². The largest absolute Gasteiger partial charge is 0.471 e.